The Hall–Kier alpha value is -3.30. The number of piperidine rings is 1. The third-order valence-corrected chi connectivity index (χ3v) is 5.33. The van der Waals surface area contributed by atoms with E-state index in [0.717, 1.165) is 17.1 Å². The van der Waals surface area contributed by atoms with Gasteiger partial charge in [-0.2, -0.15) is 18.3 Å². The molecule has 158 valence electrons. The Labute approximate surface area is 169 Å². The monoisotopic (exact) mass is 419 g/mol. The lowest BCUT2D eigenvalue weighted by molar-refractivity contribution is -0.144. The van der Waals surface area contributed by atoms with Crippen LogP contribution in [0.15, 0.2) is 41.3 Å². The maximum Gasteiger partial charge on any atom is 0.433 e. The number of para-hydroxylation sites is 1. The highest BCUT2D eigenvalue weighted by molar-refractivity contribution is 5.95. The van der Waals surface area contributed by atoms with Crippen LogP contribution in [0, 0.1) is 0 Å². The lowest BCUT2D eigenvalue weighted by atomic mass is 10.0. The molecule has 7 nitrogen and oxygen atoms in total. The van der Waals surface area contributed by atoms with Gasteiger partial charge in [0.25, 0.3) is 5.91 Å². The Balaban J connectivity index is 1.47. The van der Waals surface area contributed by atoms with E-state index < -0.39 is 23.3 Å². The predicted octanol–water partition coefficient (Wildman–Crippen LogP) is 3.00. The molecule has 0 aliphatic carbocycles. The Morgan fingerprint density at radius 2 is 1.93 bits per heavy atom. The zero-order valence-electron chi connectivity index (χ0n) is 16.2. The first kappa shape index (κ1) is 20.0. The van der Waals surface area contributed by atoms with E-state index in [0.29, 0.717) is 36.3 Å². The predicted molar refractivity (Wildman–Crippen MR) is 105 cm³/mol. The molecule has 1 fully saturated rings. The molecule has 2 N–H and O–H groups in total. The first-order valence-corrected chi connectivity index (χ1v) is 9.51. The first-order valence-electron chi connectivity index (χ1n) is 9.51. The molecule has 0 saturated carbocycles. The molecule has 10 heteroatoms. The topological polar surface area (TPSA) is 83.0 Å². The van der Waals surface area contributed by atoms with Gasteiger partial charge in [0.2, 0.25) is 5.56 Å². The molecule has 30 heavy (non-hydrogen) atoms. The number of aromatic amines is 1. The number of carbonyl (C=O) groups excluding carboxylic acids is 1. The normalized spacial score (nSPS) is 15.5. The number of hydrogen-bond donors (Lipinski definition) is 2. The second-order valence-corrected chi connectivity index (χ2v) is 7.33. The zero-order valence-corrected chi connectivity index (χ0v) is 16.2. The van der Waals surface area contributed by atoms with Crippen LogP contribution in [0.5, 0.6) is 0 Å². The average molecular weight is 419 g/mol. The van der Waals surface area contributed by atoms with E-state index in [1.807, 2.05) is 24.3 Å². The second kappa shape index (κ2) is 7.51. The van der Waals surface area contributed by atoms with Gasteiger partial charge in [-0.05, 0) is 18.9 Å². The highest BCUT2D eigenvalue weighted by Crippen LogP contribution is 2.32. The summed E-state index contributed by atoms with van der Waals surface area (Å²) in [4.78, 5) is 28.8. The molecule has 1 amide bonds. The number of fused-ring (bicyclic) bond motifs is 1. The summed E-state index contributed by atoms with van der Waals surface area (Å²) in [6.45, 7) is 0.619. The summed E-state index contributed by atoms with van der Waals surface area (Å²) in [5.74, 6) is -0.671. The molecule has 4 rings (SSSR count). The smallest absolute Gasteiger partial charge is 0.381 e. The first-order chi connectivity index (χ1) is 14.2. The van der Waals surface area contributed by atoms with Gasteiger partial charge in [0, 0.05) is 43.3 Å². The van der Waals surface area contributed by atoms with Crippen LogP contribution in [0.2, 0.25) is 0 Å². The molecule has 0 radical (unpaired) electrons. The summed E-state index contributed by atoms with van der Waals surface area (Å²) in [5, 5.41) is 7.84. The zero-order chi connectivity index (χ0) is 21.5. The number of anilines is 1. The molecule has 0 spiro atoms. The van der Waals surface area contributed by atoms with Gasteiger partial charge in [-0.3, -0.25) is 14.3 Å². The van der Waals surface area contributed by atoms with Crippen LogP contribution in [0.25, 0.3) is 10.9 Å². The Bertz CT molecular complexity index is 1140. The maximum atomic E-state index is 13.3. The lowest BCUT2D eigenvalue weighted by Gasteiger charge is -2.33. The van der Waals surface area contributed by atoms with Crippen LogP contribution in [-0.4, -0.2) is 44.7 Å². The van der Waals surface area contributed by atoms with Crippen molar-refractivity contribution in [2.45, 2.75) is 25.1 Å². The molecule has 3 heterocycles. The van der Waals surface area contributed by atoms with Gasteiger partial charge in [0.15, 0.2) is 5.69 Å². The largest absolute Gasteiger partial charge is 0.433 e. The average Bonchev–Trinajstić information content (AvgIpc) is 3.10. The summed E-state index contributed by atoms with van der Waals surface area (Å²) in [7, 11) is 1.17. The standard InChI is InChI=1S/C20H20F3N5O2/c1-27-18(20(21,22)23)14(11-24-27)19(30)28-8-6-12(7-9-28)25-16-10-17(29)26-15-5-3-2-4-13(15)16/h2-5,10-12H,6-9H2,1H3,(H2,25,26,29). The number of rotatable bonds is 3. The van der Waals surface area contributed by atoms with Gasteiger partial charge in [0.05, 0.1) is 17.3 Å². The number of amides is 1. The molecule has 1 aliphatic rings. The van der Waals surface area contributed by atoms with E-state index in [1.54, 1.807) is 0 Å². The molecular formula is C20H20F3N5O2. The van der Waals surface area contributed by atoms with E-state index in [-0.39, 0.29) is 11.6 Å². The minimum Gasteiger partial charge on any atom is -0.381 e. The van der Waals surface area contributed by atoms with Gasteiger partial charge in [-0.15, -0.1) is 0 Å². The number of benzene rings is 1. The molecule has 0 bridgehead atoms. The Kier molecular flexibility index (Phi) is 5.00. The van der Waals surface area contributed by atoms with E-state index in [2.05, 4.69) is 15.4 Å². The minimum absolute atomic E-state index is 0.00441. The number of nitrogens with zero attached hydrogens (tertiary/aromatic N) is 3. The summed E-state index contributed by atoms with van der Waals surface area (Å²) in [6.07, 6.45) is -2.58. The molecule has 1 aromatic carbocycles. The van der Waals surface area contributed by atoms with Crippen molar-refractivity contribution in [3.05, 3.63) is 58.1 Å². The van der Waals surface area contributed by atoms with E-state index >= 15 is 0 Å². The number of H-pyrrole nitrogens is 1. The van der Waals surface area contributed by atoms with Gasteiger partial charge < -0.3 is 15.2 Å². The van der Waals surface area contributed by atoms with Crippen molar-refractivity contribution in [1.29, 1.82) is 0 Å². The third-order valence-electron chi connectivity index (χ3n) is 5.33. The molecular weight excluding hydrogens is 399 g/mol. The lowest BCUT2D eigenvalue weighted by Crippen LogP contribution is -2.43. The van der Waals surface area contributed by atoms with Crippen molar-refractivity contribution in [2.75, 3.05) is 18.4 Å². The second-order valence-electron chi connectivity index (χ2n) is 7.33. The quantitative estimate of drug-likeness (QED) is 0.684. The maximum absolute atomic E-state index is 13.3. The number of nitrogens with one attached hydrogen (secondary N) is 2. The minimum atomic E-state index is -4.66. The molecule has 1 saturated heterocycles. The fourth-order valence-corrected chi connectivity index (χ4v) is 3.87. The summed E-state index contributed by atoms with van der Waals surface area (Å²) in [6, 6.07) is 8.91. The van der Waals surface area contributed by atoms with Gasteiger partial charge in [-0.25, -0.2) is 0 Å². The SMILES string of the molecule is Cn1ncc(C(=O)N2CCC(Nc3cc(=O)[nH]c4ccccc34)CC2)c1C(F)(F)F. The number of halogens is 3. The van der Waals surface area contributed by atoms with E-state index in [9.17, 15) is 22.8 Å². The van der Waals surface area contributed by atoms with Gasteiger partial charge >= 0.3 is 6.18 Å². The number of alkyl halides is 3. The third kappa shape index (κ3) is 3.77. The number of likely N-dealkylation sites (tertiary alicyclic amines) is 1. The number of carbonyl (C=O) groups is 1. The molecule has 1 aliphatic heterocycles. The summed E-state index contributed by atoms with van der Waals surface area (Å²) < 4.78 is 40.5. The van der Waals surface area contributed by atoms with Crippen LogP contribution < -0.4 is 10.9 Å². The van der Waals surface area contributed by atoms with Crippen molar-refractivity contribution >= 4 is 22.5 Å². The molecule has 0 unspecified atom stereocenters. The highest BCUT2D eigenvalue weighted by atomic mass is 19.4. The summed E-state index contributed by atoms with van der Waals surface area (Å²) >= 11 is 0. The van der Waals surface area contributed by atoms with E-state index in [1.165, 1.54) is 18.0 Å². The Morgan fingerprint density at radius 1 is 1.23 bits per heavy atom. The number of aryl methyl sites for hydroxylation is 1. The van der Waals surface area contributed by atoms with Crippen molar-refractivity contribution in [3.63, 3.8) is 0 Å². The molecule has 0 atom stereocenters. The van der Waals surface area contributed by atoms with Crippen LogP contribution in [-0.2, 0) is 13.2 Å². The Morgan fingerprint density at radius 3 is 2.63 bits per heavy atom. The van der Waals surface area contributed by atoms with Crippen molar-refractivity contribution in [3.8, 4) is 0 Å². The van der Waals surface area contributed by atoms with Gasteiger partial charge in [0.1, 0.15) is 0 Å². The number of aromatic nitrogens is 3. The van der Waals surface area contributed by atoms with Crippen molar-refractivity contribution < 1.29 is 18.0 Å². The fraction of sp³-hybridized carbons (Fsp3) is 0.350. The number of hydrogen-bond acceptors (Lipinski definition) is 4. The van der Waals surface area contributed by atoms with Gasteiger partial charge in [-0.1, -0.05) is 18.2 Å². The van der Waals surface area contributed by atoms with Crippen molar-refractivity contribution in [2.24, 2.45) is 7.05 Å². The molecule has 3 aromatic rings. The highest BCUT2D eigenvalue weighted by Gasteiger charge is 2.40. The number of pyridine rings is 1. The van der Waals surface area contributed by atoms with Crippen LogP contribution in [0.1, 0.15) is 28.9 Å². The molecule has 2 aromatic heterocycles. The fourth-order valence-electron chi connectivity index (χ4n) is 3.87. The summed E-state index contributed by atoms with van der Waals surface area (Å²) in [5.41, 5.74) is -0.276. The van der Waals surface area contributed by atoms with Crippen molar-refractivity contribution in [1.82, 2.24) is 19.7 Å². The van der Waals surface area contributed by atoms with Crippen LogP contribution in [0.4, 0.5) is 18.9 Å². The van der Waals surface area contributed by atoms with Crippen LogP contribution >= 0.6 is 0 Å². The van der Waals surface area contributed by atoms with Crippen LogP contribution in [0.3, 0.4) is 0 Å². The van der Waals surface area contributed by atoms with E-state index in [4.69, 9.17) is 0 Å².